The van der Waals surface area contributed by atoms with Crippen molar-refractivity contribution in [2.45, 2.75) is 0 Å². The molecule has 178 valence electrons. The number of anilines is 1. The molecule has 0 saturated heterocycles. The summed E-state index contributed by atoms with van der Waals surface area (Å²) >= 11 is 6.06. The number of benzene rings is 3. The molecule has 1 aromatic heterocycles. The summed E-state index contributed by atoms with van der Waals surface area (Å²) in [6.45, 7) is 0. The van der Waals surface area contributed by atoms with E-state index in [2.05, 4.69) is 20.5 Å². The Morgan fingerprint density at radius 3 is 2.58 bits per heavy atom. The van der Waals surface area contributed by atoms with Crippen LogP contribution in [0.1, 0.15) is 21.5 Å². The van der Waals surface area contributed by atoms with Crippen LogP contribution in [0.15, 0.2) is 82.7 Å². The molecule has 0 spiro atoms. The minimum Gasteiger partial charge on any atom is -0.493 e. The lowest BCUT2D eigenvalue weighted by atomic mass is 10.1. The molecule has 3 aromatic carbocycles. The van der Waals surface area contributed by atoms with Gasteiger partial charge in [0.1, 0.15) is 11.6 Å². The van der Waals surface area contributed by atoms with Gasteiger partial charge in [0.15, 0.2) is 11.5 Å². The van der Waals surface area contributed by atoms with Crippen LogP contribution >= 0.6 is 11.6 Å². The lowest BCUT2D eigenvalue weighted by Gasteiger charge is -2.10. The van der Waals surface area contributed by atoms with E-state index < -0.39 is 11.5 Å². The number of hydrogen-bond donors (Lipinski definition) is 2. The fraction of sp³-hybridized carbons (Fsp3) is 0.0385. The van der Waals surface area contributed by atoms with Crippen molar-refractivity contribution in [2.24, 2.45) is 5.10 Å². The summed E-state index contributed by atoms with van der Waals surface area (Å²) in [7, 11) is 1.44. The Bertz CT molecular complexity index is 1540. The Labute approximate surface area is 210 Å². The van der Waals surface area contributed by atoms with Crippen LogP contribution in [-0.2, 0) is 0 Å². The molecule has 0 aliphatic carbocycles. The van der Waals surface area contributed by atoms with Gasteiger partial charge in [0.05, 0.1) is 29.6 Å². The molecule has 4 rings (SSSR count). The van der Waals surface area contributed by atoms with Crippen molar-refractivity contribution in [1.82, 2.24) is 9.97 Å². The third kappa shape index (κ3) is 5.41. The topological polar surface area (TPSA) is 129 Å². The van der Waals surface area contributed by atoms with E-state index in [4.69, 9.17) is 21.1 Å². The van der Waals surface area contributed by atoms with Gasteiger partial charge in [-0.05, 0) is 35.9 Å². The first kappa shape index (κ1) is 24.2. The van der Waals surface area contributed by atoms with Crippen molar-refractivity contribution in [2.75, 3.05) is 12.5 Å². The first-order valence-electron chi connectivity index (χ1n) is 10.5. The zero-order chi connectivity index (χ0) is 25.5. The number of H-pyrrole nitrogens is 1. The van der Waals surface area contributed by atoms with Crippen LogP contribution in [0, 0.1) is 11.3 Å². The van der Waals surface area contributed by atoms with Crippen molar-refractivity contribution >= 4 is 29.7 Å². The number of esters is 1. The SMILES string of the molecule is COc1cc(C=NNc2nc(-c3ccccc3)c(C#N)c(=O)[nH]2)ccc1OC(=O)c1ccccc1Cl. The van der Waals surface area contributed by atoms with Crippen LogP contribution in [0.4, 0.5) is 5.95 Å². The number of rotatable bonds is 7. The van der Waals surface area contributed by atoms with Gasteiger partial charge in [-0.25, -0.2) is 15.2 Å². The summed E-state index contributed by atoms with van der Waals surface area (Å²) in [5.74, 6) is -0.0489. The molecule has 9 nitrogen and oxygen atoms in total. The summed E-state index contributed by atoms with van der Waals surface area (Å²) < 4.78 is 10.8. The molecule has 0 fully saturated rings. The zero-order valence-corrected chi connectivity index (χ0v) is 19.6. The quantitative estimate of drug-likeness (QED) is 0.164. The molecule has 0 radical (unpaired) electrons. The average molecular weight is 500 g/mol. The standard InChI is InChI=1S/C26H18ClN5O4/c1-35-22-13-16(11-12-21(22)36-25(34)18-9-5-6-10-20(18)27)15-29-32-26-30-23(17-7-3-2-4-8-17)19(14-28)24(33)31-26/h2-13,15H,1H3,(H2,30,31,32,33). The molecule has 0 amide bonds. The molecular weight excluding hydrogens is 482 g/mol. The Morgan fingerprint density at radius 2 is 1.86 bits per heavy atom. The monoisotopic (exact) mass is 499 g/mol. The summed E-state index contributed by atoms with van der Waals surface area (Å²) in [5.41, 5.74) is 3.68. The highest BCUT2D eigenvalue weighted by Gasteiger charge is 2.16. The van der Waals surface area contributed by atoms with Crippen LogP contribution < -0.4 is 20.5 Å². The number of hydrogen-bond acceptors (Lipinski definition) is 8. The van der Waals surface area contributed by atoms with Crippen molar-refractivity contribution in [3.05, 3.63) is 105 Å². The van der Waals surface area contributed by atoms with Gasteiger partial charge in [0, 0.05) is 5.56 Å². The fourth-order valence-corrected chi connectivity index (χ4v) is 3.45. The molecule has 4 aromatic rings. The number of nitrogens with one attached hydrogen (secondary N) is 2. The lowest BCUT2D eigenvalue weighted by molar-refractivity contribution is 0.0730. The summed E-state index contributed by atoms with van der Waals surface area (Å²) in [5, 5.41) is 13.7. The predicted octanol–water partition coefficient (Wildman–Crippen LogP) is 4.64. The van der Waals surface area contributed by atoms with Gasteiger partial charge in [-0.15, -0.1) is 0 Å². The summed E-state index contributed by atoms with van der Waals surface area (Å²) in [6, 6.07) is 22.2. The van der Waals surface area contributed by atoms with Gasteiger partial charge in [0.2, 0.25) is 5.95 Å². The number of aromatic nitrogens is 2. The van der Waals surface area contributed by atoms with Crippen molar-refractivity contribution in [3.63, 3.8) is 0 Å². The van der Waals surface area contributed by atoms with E-state index >= 15 is 0 Å². The van der Waals surface area contributed by atoms with E-state index in [1.54, 1.807) is 66.7 Å². The van der Waals surface area contributed by atoms with E-state index in [1.165, 1.54) is 13.3 Å². The van der Waals surface area contributed by atoms with E-state index in [9.17, 15) is 14.9 Å². The third-order valence-corrected chi connectivity index (χ3v) is 5.28. The number of nitrogens with zero attached hydrogens (tertiary/aromatic N) is 3. The molecule has 36 heavy (non-hydrogen) atoms. The zero-order valence-electron chi connectivity index (χ0n) is 18.9. The molecule has 0 saturated carbocycles. The second-order valence-corrected chi connectivity index (χ2v) is 7.67. The van der Waals surface area contributed by atoms with E-state index in [1.807, 2.05) is 12.1 Å². The molecule has 0 atom stereocenters. The molecule has 0 aliphatic rings. The number of carbonyl (C=O) groups excluding carboxylic acids is 1. The van der Waals surface area contributed by atoms with Crippen LogP contribution in [-0.4, -0.2) is 29.3 Å². The first-order chi connectivity index (χ1) is 17.5. The van der Waals surface area contributed by atoms with Crippen molar-refractivity contribution in [1.29, 1.82) is 5.26 Å². The number of hydrazone groups is 1. The van der Waals surface area contributed by atoms with E-state index in [0.29, 0.717) is 16.9 Å². The maximum absolute atomic E-state index is 12.5. The molecule has 0 bridgehead atoms. The van der Waals surface area contributed by atoms with Gasteiger partial charge in [-0.1, -0.05) is 54.1 Å². The molecule has 2 N–H and O–H groups in total. The van der Waals surface area contributed by atoms with E-state index in [-0.39, 0.29) is 33.5 Å². The maximum atomic E-state index is 12.5. The van der Waals surface area contributed by atoms with Gasteiger partial charge in [0.25, 0.3) is 5.56 Å². The maximum Gasteiger partial charge on any atom is 0.345 e. The largest absolute Gasteiger partial charge is 0.493 e. The molecule has 1 heterocycles. The van der Waals surface area contributed by atoms with Gasteiger partial charge in [-0.2, -0.15) is 10.4 Å². The summed E-state index contributed by atoms with van der Waals surface area (Å²) in [6.07, 6.45) is 1.46. The van der Waals surface area contributed by atoms with Crippen LogP contribution in [0.3, 0.4) is 0 Å². The van der Waals surface area contributed by atoms with Crippen LogP contribution in [0.2, 0.25) is 5.02 Å². The summed E-state index contributed by atoms with van der Waals surface area (Å²) in [4.78, 5) is 31.6. The highest BCUT2D eigenvalue weighted by Crippen LogP contribution is 2.29. The number of carbonyl (C=O) groups is 1. The second kappa shape index (κ2) is 11.0. The number of ether oxygens (including phenoxy) is 2. The number of halogens is 1. The van der Waals surface area contributed by atoms with Gasteiger partial charge in [-0.3, -0.25) is 9.78 Å². The average Bonchev–Trinajstić information content (AvgIpc) is 2.89. The van der Waals surface area contributed by atoms with Crippen molar-refractivity contribution in [3.8, 4) is 28.8 Å². The Kier molecular flexibility index (Phi) is 7.39. The predicted molar refractivity (Wildman–Crippen MR) is 136 cm³/mol. The normalized spacial score (nSPS) is 10.6. The first-order valence-corrected chi connectivity index (χ1v) is 10.9. The van der Waals surface area contributed by atoms with Crippen LogP contribution in [0.5, 0.6) is 11.5 Å². The number of methoxy groups -OCH3 is 1. The molecule has 0 aliphatic heterocycles. The van der Waals surface area contributed by atoms with Crippen LogP contribution in [0.25, 0.3) is 11.3 Å². The van der Waals surface area contributed by atoms with Gasteiger partial charge >= 0.3 is 5.97 Å². The third-order valence-electron chi connectivity index (χ3n) is 4.95. The minimum absolute atomic E-state index is 0.0614. The highest BCUT2D eigenvalue weighted by molar-refractivity contribution is 6.33. The number of nitriles is 1. The smallest absolute Gasteiger partial charge is 0.345 e. The molecule has 10 heteroatoms. The van der Waals surface area contributed by atoms with E-state index in [0.717, 1.165) is 0 Å². The Hall–Kier alpha value is -4.94. The number of aromatic amines is 1. The molecular formula is C26H18ClN5O4. The second-order valence-electron chi connectivity index (χ2n) is 7.27. The van der Waals surface area contributed by atoms with Crippen molar-refractivity contribution < 1.29 is 14.3 Å². The fourth-order valence-electron chi connectivity index (χ4n) is 3.23. The Morgan fingerprint density at radius 1 is 1.11 bits per heavy atom. The Balaban J connectivity index is 1.52. The highest BCUT2D eigenvalue weighted by atomic mass is 35.5. The lowest BCUT2D eigenvalue weighted by Crippen LogP contribution is -2.16. The molecule has 0 unspecified atom stereocenters. The minimum atomic E-state index is -0.618. The van der Waals surface area contributed by atoms with Gasteiger partial charge < -0.3 is 9.47 Å².